The van der Waals surface area contributed by atoms with Gasteiger partial charge in [-0.15, -0.1) is 0 Å². The molecule has 2 heterocycles. The minimum atomic E-state index is 0.595. The summed E-state index contributed by atoms with van der Waals surface area (Å²) < 4.78 is 5.37. The van der Waals surface area contributed by atoms with Gasteiger partial charge in [-0.3, -0.25) is 0 Å². The minimum Gasteiger partial charge on any atom is -0.381 e. The lowest BCUT2D eigenvalue weighted by molar-refractivity contribution is 0.187. The lowest BCUT2D eigenvalue weighted by atomic mass is 10.1. The fraction of sp³-hybridized carbons (Fsp3) is 0.429. The zero-order chi connectivity index (χ0) is 12.4. The second-order valence-corrected chi connectivity index (χ2v) is 4.76. The van der Waals surface area contributed by atoms with E-state index in [1.54, 1.807) is 0 Å². The molecule has 0 radical (unpaired) electrons. The molecule has 0 saturated carbocycles. The number of hydrogen-bond donors (Lipinski definition) is 1. The molecule has 4 nitrogen and oxygen atoms in total. The van der Waals surface area contributed by atoms with Gasteiger partial charge in [-0.05, 0) is 25.5 Å². The van der Waals surface area contributed by atoms with Crippen molar-refractivity contribution in [3.63, 3.8) is 0 Å². The second kappa shape index (κ2) is 4.90. The van der Waals surface area contributed by atoms with Gasteiger partial charge in [0.1, 0.15) is 5.82 Å². The fourth-order valence-electron chi connectivity index (χ4n) is 2.24. The number of hydrogen-bond acceptors (Lipinski definition) is 4. The van der Waals surface area contributed by atoms with Gasteiger partial charge < -0.3 is 10.1 Å². The van der Waals surface area contributed by atoms with Gasteiger partial charge in [0.25, 0.3) is 0 Å². The minimum absolute atomic E-state index is 0.595. The van der Waals surface area contributed by atoms with Crippen molar-refractivity contribution < 1.29 is 4.74 Å². The van der Waals surface area contributed by atoms with Crippen LogP contribution in [-0.2, 0) is 4.74 Å². The summed E-state index contributed by atoms with van der Waals surface area (Å²) >= 11 is 0. The van der Waals surface area contributed by atoms with Crippen LogP contribution in [0.1, 0.15) is 12.1 Å². The summed E-state index contributed by atoms with van der Waals surface area (Å²) in [6, 6.07) is 7.95. The Labute approximate surface area is 106 Å². The first-order valence-corrected chi connectivity index (χ1v) is 6.38. The standard InChI is InChI=1S/C14H17N3O/c1-10-14(15-8-11-6-7-18-9-11)17-13-5-3-2-4-12(13)16-10/h2-5,11H,6-9H2,1H3,(H,15,17). The number of ether oxygens (including phenoxy) is 1. The Kier molecular flexibility index (Phi) is 3.11. The number of fused-ring (bicyclic) bond motifs is 1. The number of nitrogens with one attached hydrogen (secondary N) is 1. The van der Waals surface area contributed by atoms with Crippen LogP contribution in [0.3, 0.4) is 0 Å². The average molecular weight is 243 g/mol. The molecule has 18 heavy (non-hydrogen) atoms. The molecule has 0 aliphatic carbocycles. The quantitative estimate of drug-likeness (QED) is 0.899. The molecule has 94 valence electrons. The molecule has 1 aromatic heterocycles. The van der Waals surface area contributed by atoms with Crippen LogP contribution in [-0.4, -0.2) is 29.7 Å². The number of para-hydroxylation sites is 2. The number of rotatable bonds is 3. The molecule has 1 unspecified atom stereocenters. The molecular weight excluding hydrogens is 226 g/mol. The first-order valence-electron chi connectivity index (χ1n) is 6.38. The van der Waals surface area contributed by atoms with Gasteiger partial charge in [0.2, 0.25) is 0 Å². The number of benzene rings is 1. The van der Waals surface area contributed by atoms with Crippen LogP contribution in [0, 0.1) is 12.8 Å². The largest absolute Gasteiger partial charge is 0.381 e. The summed E-state index contributed by atoms with van der Waals surface area (Å²) in [5.41, 5.74) is 2.84. The van der Waals surface area contributed by atoms with Crippen LogP contribution in [0.15, 0.2) is 24.3 Å². The van der Waals surface area contributed by atoms with Crippen molar-refractivity contribution >= 4 is 16.9 Å². The smallest absolute Gasteiger partial charge is 0.148 e. The number of aromatic nitrogens is 2. The average Bonchev–Trinajstić information content (AvgIpc) is 2.89. The zero-order valence-corrected chi connectivity index (χ0v) is 10.5. The molecule has 1 fully saturated rings. The molecule has 1 aromatic carbocycles. The summed E-state index contributed by atoms with van der Waals surface area (Å²) in [6.07, 6.45) is 1.13. The highest BCUT2D eigenvalue weighted by Crippen LogP contribution is 2.18. The Balaban J connectivity index is 1.80. The summed E-state index contributed by atoms with van der Waals surface area (Å²) in [5.74, 6) is 1.48. The van der Waals surface area contributed by atoms with Crippen molar-refractivity contribution in [3.8, 4) is 0 Å². The van der Waals surface area contributed by atoms with Crippen molar-refractivity contribution in [2.45, 2.75) is 13.3 Å². The van der Waals surface area contributed by atoms with Gasteiger partial charge in [-0.1, -0.05) is 12.1 Å². The number of nitrogens with zero attached hydrogens (tertiary/aromatic N) is 2. The Morgan fingerprint density at radius 1 is 1.28 bits per heavy atom. The van der Waals surface area contributed by atoms with Crippen LogP contribution in [0.25, 0.3) is 11.0 Å². The zero-order valence-electron chi connectivity index (χ0n) is 10.5. The molecule has 1 saturated heterocycles. The lowest BCUT2D eigenvalue weighted by Crippen LogP contribution is -2.16. The predicted octanol–water partition coefficient (Wildman–Crippen LogP) is 2.39. The highest BCUT2D eigenvalue weighted by molar-refractivity contribution is 5.76. The Morgan fingerprint density at radius 2 is 2.06 bits per heavy atom. The molecule has 0 bridgehead atoms. The summed E-state index contributed by atoms with van der Waals surface area (Å²) in [4.78, 5) is 9.19. The van der Waals surface area contributed by atoms with E-state index in [1.807, 2.05) is 31.2 Å². The Hall–Kier alpha value is -1.68. The molecule has 1 aliphatic rings. The molecule has 2 aromatic rings. The topological polar surface area (TPSA) is 47.0 Å². The van der Waals surface area contributed by atoms with E-state index in [4.69, 9.17) is 4.74 Å². The third-order valence-corrected chi connectivity index (χ3v) is 3.33. The molecular formula is C14H17N3O. The molecule has 3 rings (SSSR count). The van der Waals surface area contributed by atoms with E-state index >= 15 is 0 Å². The van der Waals surface area contributed by atoms with Crippen LogP contribution in [0.2, 0.25) is 0 Å². The van der Waals surface area contributed by atoms with Gasteiger partial charge in [-0.2, -0.15) is 0 Å². The number of aryl methyl sites for hydroxylation is 1. The molecule has 1 N–H and O–H groups in total. The van der Waals surface area contributed by atoms with Crippen molar-refractivity contribution in [1.29, 1.82) is 0 Å². The maximum atomic E-state index is 5.37. The molecule has 1 atom stereocenters. The molecule has 4 heteroatoms. The maximum absolute atomic E-state index is 5.37. The SMILES string of the molecule is Cc1nc2ccccc2nc1NCC1CCOC1. The Morgan fingerprint density at radius 3 is 2.78 bits per heavy atom. The van der Waals surface area contributed by atoms with Crippen molar-refractivity contribution in [3.05, 3.63) is 30.0 Å². The van der Waals surface area contributed by atoms with Gasteiger partial charge >= 0.3 is 0 Å². The summed E-state index contributed by atoms with van der Waals surface area (Å²) in [6.45, 7) is 4.64. The third kappa shape index (κ3) is 2.29. The molecule has 0 spiro atoms. The third-order valence-electron chi connectivity index (χ3n) is 3.33. The first kappa shape index (κ1) is 11.4. The first-order chi connectivity index (χ1) is 8.83. The van der Waals surface area contributed by atoms with Gasteiger partial charge in [-0.25, -0.2) is 9.97 Å². The fourth-order valence-corrected chi connectivity index (χ4v) is 2.24. The van der Waals surface area contributed by atoms with E-state index in [-0.39, 0.29) is 0 Å². The van der Waals surface area contributed by atoms with Crippen molar-refractivity contribution in [1.82, 2.24) is 9.97 Å². The predicted molar refractivity (Wildman–Crippen MR) is 71.7 cm³/mol. The Bertz CT molecular complexity index is 550. The normalized spacial score (nSPS) is 19.3. The van der Waals surface area contributed by atoms with Gasteiger partial charge in [0, 0.05) is 19.1 Å². The number of anilines is 1. The highest BCUT2D eigenvalue weighted by Gasteiger charge is 2.16. The maximum Gasteiger partial charge on any atom is 0.148 e. The second-order valence-electron chi connectivity index (χ2n) is 4.76. The van der Waals surface area contributed by atoms with E-state index in [1.165, 1.54) is 0 Å². The van der Waals surface area contributed by atoms with Crippen LogP contribution in [0.5, 0.6) is 0 Å². The summed E-state index contributed by atoms with van der Waals surface area (Å²) in [7, 11) is 0. The van der Waals surface area contributed by atoms with E-state index in [9.17, 15) is 0 Å². The summed E-state index contributed by atoms with van der Waals surface area (Å²) in [5, 5.41) is 3.39. The van der Waals surface area contributed by atoms with E-state index < -0.39 is 0 Å². The lowest BCUT2D eigenvalue weighted by Gasteiger charge is -2.12. The van der Waals surface area contributed by atoms with E-state index in [2.05, 4.69) is 15.3 Å². The monoisotopic (exact) mass is 243 g/mol. The molecule has 0 amide bonds. The highest BCUT2D eigenvalue weighted by atomic mass is 16.5. The van der Waals surface area contributed by atoms with Gasteiger partial charge in [0.15, 0.2) is 0 Å². The van der Waals surface area contributed by atoms with Crippen molar-refractivity contribution in [2.75, 3.05) is 25.1 Å². The van der Waals surface area contributed by atoms with E-state index in [0.29, 0.717) is 5.92 Å². The van der Waals surface area contributed by atoms with Gasteiger partial charge in [0.05, 0.1) is 23.3 Å². The van der Waals surface area contributed by atoms with Crippen LogP contribution in [0.4, 0.5) is 5.82 Å². The molecule has 1 aliphatic heterocycles. The van der Waals surface area contributed by atoms with E-state index in [0.717, 1.165) is 48.7 Å². The van der Waals surface area contributed by atoms with Crippen molar-refractivity contribution in [2.24, 2.45) is 5.92 Å². The van der Waals surface area contributed by atoms with Crippen LogP contribution >= 0.6 is 0 Å². The van der Waals surface area contributed by atoms with Crippen LogP contribution < -0.4 is 5.32 Å².